The van der Waals surface area contributed by atoms with Crippen molar-refractivity contribution in [3.8, 4) is 12.3 Å². The minimum Gasteiger partial charge on any atom is -0.120 e. The van der Waals surface area contributed by atoms with Crippen molar-refractivity contribution in [3.05, 3.63) is 84.1 Å². The quantitative estimate of drug-likeness (QED) is 0.108. The molecule has 0 fully saturated rings. The zero-order valence-electron chi connectivity index (χ0n) is 37.6. The van der Waals surface area contributed by atoms with Crippen LogP contribution in [0.4, 0.5) is 0 Å². The highest BCUT2D eigenvalue weighted by Crippen LogP contribution is 2.41. The molecule has 292 valence electrons. The molecule has 1 aliphatic rings. The van der Waals surface area contributed by atoms with Gasteiger partial charge >= 0.3 is 0 Å². The van der Waals surface area contributed by atoms with E-state index in [1.54, 1.807) is 5.57 Å². The first-order valence-electron chi connectivity index (χ1n) is 20.7. The molecule has 0 nitrogen and oxygen atoms in total. The second-order valence-corrected chi connectivity index (χ2v) is 14.7. The van der Waals surface area contributed by atoms with Crippen LogP contribution in [0.25, 0.3) is 0 Å². The normalized spacial score (nSPS) is 20.0. The van der Waals surface area contributed by atoms with Crippen LogP contribution in [0.5, 0.6) is 0 Å². The van der Waals surface area contributed by atoms with Crippen molar-refractivity contribution >= 4 is 0 Å². The number of terminal acetylenes is 1. The van der Waals surface area contributed by atoms with Crippen LogP contribution in [-0.2, 0) is 0 Å². The third-order valence-electron chi connectivity index (χ3n) is 8.87. The summed E-state index contributed by atoms with van der Waals surface area (Å²) in [5, 5.41) is 0. The van der Waals surface area contributed by atoms with E-state index in [0.29, 0.717) is 28.6 Å². The van der Waals surface area contributed by atoms with Gasteiger partial charge in [0.15, 0.2) is 0 Å². The van der Waals surface area contributed by atoms with Crippen molar-refractivity contribution in [1.29, 1.82) is 0 Å². The van der Waals surface area contributed by atoms with Crippen LogP contribution >= 0.6 is 0 Å². The molecule has 0 spiro atoms. The molecule has 0 heterocycles. The molecule has 0 N–H and O–H groups in total. The van der Waals surface area contributed by atoms with Crippen molar-refractivity contribution in [2.45, 2.75) is 195 Å². The highest BCUT2D eigenvalue weighted by molar-refractivity contribution is 5.33. The van der Waals surface area contributed by atoms with Crippen LogP contribution in [0.1, 0.15) is 195 Å². The van der Waals surface area contributed by atoms with Gasteiger partial charge in [-0.3, -0.25) is 0 Å². The van der Waals surface area contributed by atoms with Gasteiger partial charge in [0.25, 0.3) is 0 Å². The van der Waals surface area contributed by atoms with Crippen molar-refractivity contribution in [3.63, 3.8) is 0 Å². The molecule has 0 amide bonds. The Kier molecular flexibility index (Phi) is 45.1. The fraction of sp³-hybridized carbons (Fsp3) is 0.680. The van der Waals surface area contributed by atoms with E-state index in [2.05, 4.69) is 152 Å². The van der Waals surface area contributed by atoms with E-state index >= 15 is 0 Å². The van der Waals surface area contributed by atoms with Gasteiger partial charge in [-0.15, -0.1) is 12.3 Å². The Hall–Kier alpha value is -2.26. The maximum Gasteiger partial charge on any atom is 0.0267 e. The van der Waals surface area contributed by atoms with Crippen molar-refractivity contribution in [2.24, 2.45) is 28.6 Å². The minimum atomic E-state index is 0.355. The monoisotopic (exact) mass is 693 g/mol. The summed E-state index contributed by atoms with van der Waals surface area (Å²) < 4.78 is 0. The molecule has 0 bridgehead atoms. The van der Waals surface area contributed by atoms with Gasteiger partial charge in [0.1, 0.15) is 0 Å². The summed E-state index contributed by atoms with van der Waals surface area (Å²) in [6, 6.07) is 0. The average molecular weight is 693 g/mol. The molecule has 0 saturated carbocycles. The highest BCUT2D eigenvalue weighted by Gasteiger charge is 2.29. The van der Waals surface area contributed by atoms with E-state index in [9.17, 15) is 0 Å². The predicted octanol–water partition coefficient (Wildman–Crippen LogP) is 17.7. The largest absolute Gasteiger partial charge is 0.120 e. The molecule has 0 radical (unpaired) electrons. The molecule has 0 saturated heterocycles. The molecule has 3 unspecified atom stereocenters. The molecule has 0 aliphatic heterocycles. The summed E-state index contributed by atoms with van der Waals surface area (Å²) in [5.41, 5.74) is 5.27. The topological polar surface area (TPSA) is 0 Å². The number of hydrogen-bond donors (Lipinski definition) is 0. The Morgan fingerprint density at radius 1 is 0.940 bits per heavy atom. The summed E-state index contributed by atoms with van der Waals surface area (Å²) >= 11 is 0. The molecular formula is C50H92. The number of unbranched alkanes of at least 4 members (excludes halogenated alkanes) is 2. The zero-order valence-corrected chi connectivity index (χ0v) is 37.6. The van der Waals surface area contributed by atoms with Crippen molar-refractivity contribution < 1.29 is 0 Å². The van der Waals surface area contributed by atoms with Crippen LogP contribution in [0.3, 0.4) is 0 Å². The lowest BCUT2D eigenvalue weighted by Gasteiger charge is -2.36. The van der Waals surface area contributed by atoms with Gasteiger partial charge < -0.3 is 0 Å². The van der Waals surface area contributed by atoms with E-state index in [0.717, 1.165) is 19.3 Å². The van der Waals surface area contributed by atoms with Gasteiger partial charge in [0, 0.05) is 6.42 Å². The van der Waals surface area contributed by atoms with E-state index in [1.165, 1.54) is 62.5 Å². The smallest absolute Gasteiger partial charge is 0.0267 e. The van der Waals surface area contributed by atoms with Crippen molar-refractivity contribution in [2.75, 3.05) is 0 Å². The van der Waals surface area contributed by atoms with Gasteiger partial charge in [-0.25, -0.2) is 0 Å². The molecule has 1 rings (SSSR count). The number of hydrogen-bond acceptors (Lipinski definition) is 0. The molecular weight excluding hydrogens is 601 g/mol. The molecule has 0 aromatic carbocycles. The van der Waals surface area contributed by atoms with Gasteiger partial charge in [-0.2, -0.15) is 0 Å². The summed E-state index contributed by atoms with van der Waals surface area (Å²) in [5.74, 6) is 4.40. The first-order chi connectivity index (χ1) is 23.7. The van der Waals surface area contributed by atoms with E-state index < -0.39 is 0 Å². The molecule has 3 atom stereocenters. The van der Waals surface area contributed by atoms with E-state index in [1.807, 2.05) is 45.9 Å². The third kappa shape index (κ3) is 35.6. The fourth-order valence-corrected chi connectivity index (χ4v) is 4.66. The SMILES string of the molecule is C#CC/C=C\CCC.C/C=C(\C=C/CCC)C(C)CC1=C/C(C)C(C)(C)CCC(C)(C)C/C=C\1C.C=C/C=C\C(C)CC.CC.CC.CCC. The molecule has 0 aromatic heterocycles. The molecule has 0 heteroatoms. The molecule has 1 aliphatic carbocycles. The second-order valence-electron chi connectivity index (χ2n) is 14.7. The summed E-state index contributed by atoms with van der Waals surface area (Å²) in [6.07, 6.45) is 40.1. The zero-order chi connectivity index (χ0) is 40.0. The number of allylic oxidation sites excluding steroid dienone is 13. The van der Waals surface area contributed by atoms with Gasteiger partial charge in [-0.05, 0) is 92.1 Å². The third-order valence-corrected chi connectivity index (χ3v) is 8.87. The van der Waals surface area contributed by atoms with Crippen molar-refractivity contribution in [1.82, 2.24) is 0 Å². The summed E-state index contributed by atoms with van der Waals surface area (Å²) in [7, 11) is 0. The van der Waals surface area contributed by atoms with Crippen LogP contribution in [0, 0.1) is 40.9 Å². The van der Waals surface area contributed by atoms with E-state index in [-0.39, 0.29) is 0 Å². The fourth-order valence-electron chi connectivity index (χ4n) is 4.66. The van der Waals surface area contributed by atoms with Crippen LogP contribution < -0.4 is 0 Å². The van der Waals surface area contributed by atoms with Crippen LogP contribution in [0.15, 0.2) is 84.1 Å². The lowest BCUT2D eigenvalue weighted by Crippen LogP contribution is -2.24. The Balaban J connectivity index is -0.000000239. The maximum atomic E-state index is 5.01. The maximum absolute atomic E-state index is 5.01. The van der Waals surface area contributed by atoms with Crippen LogP contribution in [-0.4, -0.2) is 0 Å². The highest BCUT2D eigenvalue weighted by atomic mass is 14.3. The molecule has 50 heavy (non-hydrogen) atoms. The first kappa shape index (κ1) is 57.1. The Bertz CT molecular complexity index is 962. The Morgan fingerprint density at radius 3 is 1.94 bits per heavy atom. The Morgan fingerprint density at radius 2 is 1.48 bits per heavy atom. The Labute approximate surface area is 319 Å². The van der Waals surface area contributed by atoms with Gasteiger partial charge in [0.2, 0.25) is 0 Å². The second kappa shape index (κ2) is 39.5. The van der Waals surface area contributed by atoms with Crippen LogP contribution in [0.2, 0.25) is 0 Å². The minimum absolute atomic E-state index is 0.355. The summed E-state index contributed by atoms with van der Waals surface area (Å²) in [4.78, 5) is 0. The van der Waals surface area contributed by atoms with Gasteiger partial charge in [0.05, 0.1) is 0 Å². The first-order valence-corrected chi connectivity index (χ1v) is 20.7. The van der Waals surface area contributed by atoms with Gasteiger partial charge in [-0.1, -0.05) is 209 Å². The lowest BCUT2D eigenvalue weighted by molar-refractivity contribution is 0.196. The standard InChI is InChI=1S/C27H46.C8H14.C8H12.C3H8.2C2H6/c1-10-12-13-14-24(11-2)22(4)19-25-20-23(5)27(8,9)18-17-26(6,7)16-15-21(25)3;1-4-6-7-8(3)5-2;1-3-5-7-8-6-4-2;1-3-2;2*1-2/h11,13-15,20,22-23H,10,12,16-19H2,1-9H3;4,6-8H,1,5H2,2-3H3;1,7-8H,4-6H2,2H3;3H2,1-2H3;2*1-2H3/b14-13-,21-15-,24-11+,25-20-;7-6-;8-7-;;;. The predicted molar refractivity (Wildman–Crippen MR) is 239 cm³/mol. The number of rotatable bonds is 12. The van der Waals surface area contributed by atoms with E-state index in [4.69, 9.17) is 6.42 Å². The summed E-state index contributed by atoms with van der Waals surface area (Å²) in [6.45, 7) is 43.7. The molecule has 0 aromatic rings. The lowest BCUT2D eigenvalue weighted by atomic mass is 9.69. The average Bonchev–Trinajstić information content (AvgIpc) is 3.11.